The predicted octanol–water partition coefficient (Wildman–Crippen LogP) is 0.320. The molecule has 98 valence electrons. The van der Waals surface area contributed by atoms with Crippen molar-refractivity contribution in [2.24, 2.45) is 5.73 Å². The molecule has 4 nitrogen and oxygen atoms in total. The number of hydrogen-bond acceptors (Lipinski definition) is 4. The molecule has 1 aromatic rings. The first-order valence-electron chi connectivity index (χ1n) is 6.69. The van der Waals surface area contributed by atoms with E-state index in [9.17, 15) is 0 Å². The zero-order valence-corrected chi connectivity index (χ0v) is 10.7. The molecule has 18 heavy (non-hydrogen) atoms. The van der Waals surface area contributed by atoms with Crippen LogP contribution in [0.4, 0.5) is 0 Å². The van der Waals surface area contributed by atoms with Crippen LogP contribution >= 0.6 is 0 Å². The van der Waals surface area contributed by atoms with Crippen molar-refractivity contribution in [3.8, 4) is 0 Å². The Labute approximate surface area is 108 Å². The summed E-state index contributed by atoms with van der Waals surface area (Å²) in [6.45, 7) is 4.16. The maximum atomic E-state index is 6.04. The van der Waals surface area contributed by atoms with Gasteiger partial charge in [0.1, 0.15) is 0 Å². The Morgan fingerprint density at radius 2 is 1.78 bits per heavy atom. The van der Waals surface area contributed by atoms with E-state index < -0.39 is 0 Å². The minimum atomic E-state index is 0.00102. The molecule has 1 heterocycles. The number of nitrogens with one attached hydrogen (secondary N) is 1. The van der Waals surface area contributed by atoms with Gasteiger partial charge < -0.3 is 10.5 Å². The summed E-state index contributed by atoms with van der Waals surface area (Å²) in [4.78, 5) is 0. The Hall–Kier alpha value is -0.940. The summed E-state index contributed by atoms with van der Waals surface area (Å²) in [5, 5.41) is 2.27. The standard InChI is InChI=1S/C14H21N3O/c15-11-14(16-17-5-7-18-8-6-17)9-12-3-1-2-4-13(12)10-14/h1-4,16H,5-11,15H2. The molecule has 0 aromatic heterocycles. The number of hydrazine groups is 1. The van der Waals surface area contributed by atoms with Gasteiger partial charge in [-0.05, 0) is 24.0 Å². The molecule has 0 amide bonds. The van der Waals surface area contributed by atoms with E-state index in [1.165, 1.54) is 11.1 Å². The molecule has 1 fully saturated rings. The Morgan fingerprint density at radius 3 is 2.33 bits per heavy atom. The first kappa shape index (κ1) is 12.1. The number of fused-ring (bicyclic) bond motifs is 1. The molecule has 2 aliphatic rings. The van der Waals surface area contributed by atoms with Gasteiger partial charge in [-0.1, -0.05) is 24.3 Å². The number of nitrogens with zero attached hydrogens (tertiary/aromatic N) is 1. The second kappa shape index (κ2) is 4.97. The molecule has 0 bridgehead atoms. The Balaban J connectivity index is 1.73. The molecular formula is C14H21N3O. The smallest absolute Gasteiger partial charge is 0.0608 e. The molecule has 0 saturated carbocycles. The minimum absolute atomic E-state index is 0.00102. The van der Waals surface area contributed by atoms with Crippen LogP contribution in [0.15, 0.2) is 24.3 Å². The first-order valence-corrected chi connectivity index (χ1v) is 6.69. The Morgan fingerprint density at radius 1 is 1.17 bits per heavy atom. The van der Waals surface area contributed by atoms with Gasteiger partial charge in [0.25, 0.3) is 0 Å². The van der Waals surface area contributed by atoms with Crippen molar-refractivity contribution < 1.29 is 4.74 Å². The van der Waals surface area contributed by atoms with Crippen LogP contribution in [0.25, 0.3) is 0 Å². The van der Waals surface area contributed by atoms with Gasteiger partial charge in [0.2, 0.25) is 0 Å². The third-order valence-electron chi connectivity index (χ3n) is 3.97. The van der Waals surface area contributed by atoms with Crippen molar-refractivity contribution in [3.05, 3.63) is 35.4 Å². The normalized spacial score (nSPS) is 22.9. The van der Waals surface area contributed by atoms with E-state index in [0.29, 0.717) is 6.54 Å². The van der Waals surface area contributed by atoms with E-state index in [1.807, 2.05) is 0 Å². The second-order valence-corrected chi connectivity index (χ2v) is 5.32. The molecular weight excluding hydrogens is 226 g/mol. The summed E-state index contributed by atoms with van der Waals surface area (Å²) in [7, 11) is 0. The number of morpholine rings is 1. The number of benzene rings is 1. The topological polar surface area (TPSA) is 50.5 Å². The lowest BCUT2D eigenvalue weighted by molar-refractivity contribution is -0.0102. The van der Waals surface area contributed by atoms with Gasteiger partial charge in [-0.2, -0.15) is 0 Å². The molecule has 1 aliphatic carbocycles. The lowest BCUT2D eigenvalue weighted by atomic mass is 9.97. The molecule has 0 spiro atoms. The lowest BCUT2D eigenvalue weighted by Gasteiger charge is -2.37. The van der Waals surface area contributed by atoms with E-state index in [-0.39, 0.29) is 5.54 Å². The van der Waals surface area contributed by atoms with Crippen LogP contribution in [-0.2, 0) is 17.6 Å². The number of nitrogens with two attached hydrogens (primary N) is 1. The predicted molar refractivity (Wildman–Crippen MR) is 71.2 cm³/mol. The maximum Gasteiger partial charge on any atom is 0.0608 e. The second-order valence-electron chi connectivity index (χ2n) is 5.32. The fourth-order valence-electron chi connectivity index (χ4n) is 2.97. The van der Waals surface area contributed by atoms with E-state index >= 15 is 0 Å². The largest absolute Gasteiger partial charge is 0.379 e. The number of ether oxygens (including phenoxy) is 1. The number of hydrogen-bond donors (Lipinski definition) is 2. The molecule has 1 aliphatic heterocycles. The molecule has 3 rings (SSSR count). The van der Waals surface area contributed by atoms with Crippen LogP contribution in [0, 0.1) is 0 Å². The van der Waals surface area contributed by atoms with Gasteiger partial charge in [-0.3, -0.25) is 0 Å². The highest BCUT2D eigenvalue weighted by atomic mass is 16.5. The monoisotopic (exact) mass is 247 g/mol. The van der Waals surface area contributed by atoms with Crippen LogP contribution in [-0.4, -0.2) is 43.4 Å². The average Bonchev–Trinajstić information content (AvgIpc) is 2.78. The van der Waals surface area contributed by atoms with Gasteiger partial charge in [-0.25, -0.2) is 10.4 Å². The van der Waals surface area contributed by atoms with Gasteiger partial charge in [0.15, 0.2) is 0 Å². The van der Waals surface area contributed by atoms with Crippen LogP contribution in [0.5, 0.6) is 0 Å². The fourth-order valence-corrected chi connectivity index (χ4v) is 2.97. The Kier molecular flexibility index (Phi) is 3.35. The number of rotatable bonds is 3. The van der Waals surface area contributed by atoms with E-state index in [1.54, 1.807) is 0 Å². The summed E-state index contributed by atoms with van der Waals surface area (Å²) in [5.41, 5.74) is 12.6. The van der Waals surface area contributed by atoms with Crippen molar-refractivity contribution in [3.63, 3.8) is 0 Å². The van der Waals surface area contributed by atoms with Gasteiger partial charge in [-0.15, -0.1) is 0 Å². The summed E-state index contributed by atoms with van der Waals surface area (Å²) in [6.07, 6.45) is 2.05. The summed E-state index contributed by atoms with van der Waals surface area (Å²) < 4.78 is 5.38. The van der Waals surface area contributed by atoms with E-state index in [2.05, 4.69) is 34.7 Å². The SMILES string of the molecule is NCC1(NN2CCOCC2)Cc2ccccc2C1. The summed E-state index contributed by atoms with van der Waals surface area (Å²) >= 11 is 0. The Bertz CT molecular complexity index is 390. The van der Waals surface area contributed by atoms with Crippen molar-refractivity contribution >= 4 is 0 Å². The molecule has 0 radical (unpaired) electrons. The van der Waals surface area contributed by atoms with Crippen LogP contribution in [0.3, 0.4) is 0 Å². The quantitative estimate of drug-likeness (QED) is 0.807. The zero-order valence-electron chi connectivity index (χ0n) is 10.7. The first-order chi connectivity index (χ1) is 8.81. The summed E-state index contributed by atoms with van der Waals surface area (Å²) in [6, 6.07) is 8.65. The maximum absolute atomic E-state index is 6.04. The van der Waals surface area contributed by atoms with Crippen molar-refractivity contribution in [2.45, 2.75) is 18.4 Å². The van der Waals surface area contributed by atoms with Crippen molar-refractivity contribution in [1.82, 2.24) is 10.4 Å². The van der Waals surface area contributed by atoms with Gasteiger partial charge in [0.05, 0.1) is 18.8 Å². The van der Waals surface area contributed by atoms with Gasteiger partial charge in [0, 0.05) is 19.6 Å². The van der Waals surface area contributed by atoms with E-state index in [4.69, 9.17) is 10.5 Å². The van der Waals surface area contributed by atoms with Gasteiger partial charge >= 0.3 is 0 Å². The third-order valence-corrected chi connectivity index (χ3v) is 3.97. The average molecular weight is 247 g/mol. The van der Waals surface area contributed by atoms with Crippen LogP contribution < -0.4 is 11.2 Å². The fraction of sp³-hybridized carbons (Fsp3) is 0.571. The van der Waals surface area contributed by atoms with E-state index in [0.717, 1.165) is 39.1 Å². The molecule has 0 atom stereocenters. The molecule has 1 aromatic carbocycles. The van der Waals surface area contributed by atoms with Crippen LogP contribution in [0.2, 0.25) is 0 Å². The minimum Gasteiger partial charge on any atom is -0.379 e. The molecule has 1 saturated heterocycles. The third kappa shape index (κ3) is 2.29. The van der Waals surface area contributed by atoms with Crippen molar-refractivity contribution in [2.75, 3.05) is 32.8 Å². The molecule has 0 unspecified atom stereocenters. The van der Waals surface area contributed by atoms with Crippen molar-refractivity contribution in [1.29, 1.82) is 0 Å². The lowest BCUT2D eigenvalue weighted by Crippen LogP contribution is -2.61. The van der Waals surface area contributed by atoms with Crippen LogP contribution in [0.1, 0.15) is 11.1 Å². The molecule has 3 N–H and O–H groups in total. The zero-order chi connectivity index (χ0) is 12.4. The highest BCUT2D eigenvalue weighted by molar-refractivity contribution is 5.36. The highest BCUT2D eigenvalue weighted by Crippen LogP contribution is 2.29. The summed E-state index contributed by atoms with van der Waals surface area (Å²) in [5.74, 6) is 0. The highest BCUT2D eigenvalue weighted by Gasteiger charge is 2.37. The molecule has 4 heteroatoms.